The Kier molecular flexibility index (Phi) is 6.52. The molecule has 1 amide bonds. The zero-order chi connectivity index (χ0) is 15.0. The summed E-state index contributed by atoms with van der Waals surface area (Å²) in [5, 5.41) is 11.3. The van der Waals surface area contributed by atoms with Gasteiger partial charge in [0.2, 0.25) is 5.91 Å². The molecule has 0 aliphatic heterocycles. The van der Waals surface area contributed by atoms with Crippen LogP contribution in [0.5, 0.6) is 5.75 Å². The van der Waals surface area contributed by atoms with Crippen LogP contribution >= 0.6 is 0 Å². The van der Waals surface area contributed by atoms with Crippen LogP contribution in [-0.2, 0) is 20.7 Å². The molecule has 6 nitrogen and oxygen atoms in total. The first-order chi connectivity index (χ1) is 9.52. The molecule has 1 rings (SSSR count). The third-order valence-electron chi connectivity index (χ3n) is 2.71. The van der Waals surface area contributed by atoms with Crippen LogP contribution in [0.25, 0.3) is 0 Å². The Morgan fingerprint density at radius 1 is 1.30 bits per heavy atom. The van der Waals surface area contributed by atoms with E-state index in [1.165, 1.54) is 6.92 Å². The van der Waals surface area contributed by atoms with Crippen LogP contribution in [0.4, 0.5) is 0 Å². The molecule has 1 atom stereocenters. The Labute approximate surface area is 117 Å². The fourth-order valence-electron chi connectivity index (χ4n) is 1.46. The summed E-state index contributed by atoms with van der Waals surface area (Å²) in [6.07, 6.45) is -0.299. The molecule has 20 heavy (non-hydrogen) atoms. The van der Waals surface area contributed by atoms with E-state index in [4.69, 9.17) is 14.6 Å². The minimum atomic E-state index is -1.09. The van der Waals surface area contributed by atoms with Crippen LogP contribution in [0, 0.1) is 0 Å². The molecule has 0 bridgehead atoms. The molecule has 0 aliphatic rings. The van der Waals surface area contributed by atoms with Gasteiger partial charge in [-0.2, -0.15) is 0 Å². The van der Waals surface area contributed by atoms with Crippen LogP contribution in [-0.4, -0.2) is 43.3 Å². The van der Waals surface area contributed by atoms with Gasteiger partial charge in [-0.1, -0.05) is 12.1 Å². The number of benzene rings is 1. The van der Waals surface area contributed by atoms with Crippen molar-refractivity contribution in [3.8, 4) is 5.75 Å². The van der Waals surface area contributed by atoms with E-state index in [2.05, 4.69) is 5.32 Å². The molecular weight excluding hydrogens is 262 g/mol. The first-order valence-corrected chi connectivity index (χ1v) is 6.27. The second-order valence-corrected chi connectivity index (χ2v) is 4.24. The van der Waals surface area contributed by atoms with Gasteiger partial charge in [0, 0.05) is 6.54 Å². The number of carboxylic acid groups (broad SMARTS) is 1. The predicted molar refractivity (Wildman–Crippen MR) is 72.8 cm³/mol. The van der Waals surface area contributed by atoms with Crippen LogP contribution in [0.2, 0.25) is 0 Å². The highest BCUT2D eigenvalue weighted by atomic mass is 16.5. The Morgan fingerprint density at radius 2 is 1.95 bits per heavy atom. The average molecular weight is 281 g/mol. The maximum Gasteiger partial charge on any atom is 0.332 e. The summed E-state index contributed by atoms with van der Waals surface area (Å²) in [7, 11) is 1.60. The van der Waals surface area contributed by atoms with Crippen LogP contribution < -0.4 is 10.1 Å². The minimum absolute atomic E-state index is 0.254. The topological polar surface area (TPSA) is 84.9 Å². The van der Waals surface area contributed by atoms with E-state index in [0.717, 1.165) is 11.3 Å². The highest BCUT2D eigenvalue weighted by Gasteiger charge is 2.12. The van der Waals surface area contributed by atoms with E-state index in [0.29, 0.717) is 13.0 Å². The first-order valence-electron chi connectivity index (χ1n) is 6.27. The number of rotatable bonds is 8. The van der Waals surface area contributed by atoms with Crippen LogP contribution in [0.1, 0.15) is 12.5 Å². The van der Waals surface area contributed by atoms with Crippen molar-refractivity contribution in [3.05, 3.63) is 29.8 Å². The Balaban J connectivity index is 2.22. The normalized spacial score (nSPS) is 11.7. The zero-order valence-electron chi connectivity index (χ0n) is 11.6. The average Bonchev–Trinajstić information content (AvgIpc) is 2.45. The van der Waals surface area contributed by atoms with Gasteiger partial charge in [-0.15, -0.1) is 0 Å². The second-order valence-electron chi connectivity index (χ2n) is 4.24. The molecule has 6 heteroatoms. The van der Waals surface area contributed by atoms with E-state index in [1.807, 2.05) is 24.3 Å². The molecule has 0 radical (unpaired) electrons. The summed E-state index contributed by atoms with van der Waals surface area (Å²) in [5.74, 6) is -0.628. The number of aliphatic carboxylic acids is 1. The quantitative estimate of drug-likeness (QED) is 0.737. The molecule has 0 saturated carbocycles. The summed E-state index contributed by atoms with van der Waals surface area (Å²) in [5.41, 5.74) is 1.07. The van der Waals surface area contributed by atoms with Crippen molar-refractivity contribution in [2.45, 2.75) is 19.4 Å². The maximum atomic E-state index is 11.4. The third kappa shape index (κ3) is 5.71. The fraction of sp³-hybridized carbons (Fsp3) is 0.429. The van der Waals surface area contributed by atoms with Gasteiger partial charge < -0.3 is 19.9 Å². The van der Waals surface area contributed by atoms with Crippen molar-refractivity contribution in [1.29, 1.82) is 0 Å². The van der Waals surface area contributed by atoms with E-state index in [9.17, 15) is 9.59 Å². The molecule has 0 fully saturated rings. The van der Waals surface area contributed by atoms with Gasteiger partial charge in [0.15, 0.2) is 6.10 Å². The minimum Gasteiger partial charge on any atom is -0.497 e. The highest BCUT2D eigenvalue weighted by Crippen LogP contribution is 2.11. The van der Waals surface area contributed by atoms with Crippen molar-refractivity contribution < 1.29 is 24.2 Å². The van der Waals surface area contributed by atoms with Gasteiger partial charge in [0.25, 0.3) is 0 Å². The number of ether oxygens (including phenoxy) is 2. The number of nitrogens with one attached hydrogen (secondary N) is 1. The molecule has 0 heterocycles. The third-order valence-corrected chi connectivity index (χ3v) is 2.71. The smallest absolute Gasteiger partial charge is 0.332 e. The van der Waals surface area contributed by atoms with Crippen molar-refractivity contribution in [1.82, 2.24) is 5.32 Å². The van der Waals surface area contributed by atoms with Gasteiger partial charge in [-0.05, 0) is 31.0 Å². The molecule has 1 aromatic rings. The number of hydrogen-bond donors (Lipinski definition) is 2. The van der Waals surface area contributed by atoms with Crippen LogP contribution in [0.3, 0.4) is 0 Å². The highest BCUT2D eigenvalue weighted by molar-refractivity contribution is 5.78. The maximum absolute atomic E-state index is 11.4. The summed E-state index contributed by atoms with van der Waals surface area (Å²) in [6, 6.07) is 7.56. The Morgan fingerprint density at radius 3 is 2.50 bits per heavy atom. The van der Waals surface area contributed by atoms with Crippen LogP contribution in [0.15, 0.2) is 24.3 Å². The van der Waals surface area contributed by atoms with Crippen molar-refractivity contribution in [2.75, 3.05) is 20.3 Å². The van der Waals surface area contributed by atoms with E-state index in [1.54, 1.807) is 7.11 Å². The molecule has 0 saturated heterocycles. The van der Waals surface area contributed by atoms with Crippen molar-refractivity contribution >= 4 is 11.9 Å². The predicted octanol–water partition coefficient (Wildman–Crippen LogP) is 0.844. The molecule has 2 N–H and O–H groups in total. The van der Waals surface area contributed by atoms with E-state index < -0.39 is 12.1 Å². The first kappa shape index (κ1) is 16.0. The molecule has 1 aromatic carbocycles. The Bertz CT molecular complexity index is 443. The molecule has 0 aromatic heterocycles. The molecular formula is C14H19NO5. The fourth-order valence-corrected chi connectivity index (χ4v) is 1.46. The van der Waals surface area contributed by atoms with Gasteiger partial charge in [0.1, 0.15) is 12.4 Å². The second kappa shape index (κ2) is 8.16. The largest absolute Gasteiger partial charge is 0.497 e. The zero-order valence-corrected chi connectivity index (χ0v) is 11.6. The summed E-state index contributed by atoms with van der Waals surface area (Å²) < 4.78 is 9.92. The van der Waals surface area contributed by atoms with E-state index >= 15 is 0 Å². The molecule has 0 aliphatic carbocycles. The van der Waals surface area contributed by atoms with Gasteiger partial charge in [0.05, 0.1) is 7.11 Å². The number of carbonyl (C=O) groups excluding carboxylic acids is 1. The summed E-state index contributed by atoms with van der Waals surface area (Å²) in [4.78, 5) is 21.9. The molecule has 0 spiro atoms. The number of amides is 1. The standard InChI is InChI=1S/C14H19NO5/c1-10(14(17)18)20-9-13(16)15-8-7-11-3-5-12(19-2)6-4-11/h3-6,10H,7-9H2,1-2H3,(H,15,16)(H,17,18)/t10-/m0/s1. The number of methoxy groups -OCH3 is 1. The van der Waals surface area contributed by atoms with Crippen molar-refractivity contribution in [2.24, 2.45) is 0 Å². The lowest BCUT2D eigenvalue weighted by Gasteiger charge is -2.09. The lowest BCUT2D eigenvalue weighted by molar-refractivity contribution is -0.150. The monoisotopic (exact) mass is 281 g/mol. The number of carbonyl (C=O) groups is 2. The van der Waals surface area contributed by atoms with Gasteiger partial charge in [-0.3, -0.25) is 4.79 Å². The molecule has 110 valence electrons. The lowest BCUT2D eigenvalue weighted by Crippen LogP contribution is -2.32. The molecule has 0 unspecified atom stereocenters. The SMILES string of the molecule is COc1ccc(CCNC(=O)CO[C@@H](C)C(=O)O)cc1. The Hall–Kier alpha value is -2.08. The van der Waals surface area contributed by atoms with E-state index in [-0.39, 0.29) is 12.5 Å². The lowest BCUT2D eigenvalue weighted by atomic mass is 10.1. The summed E-state index contributed by atoms with van der Waals surface area (Å²) >= 11 is 0. The van der Waals surface area contributed by atoms with Gasteiger partial charge in [-0.25, -0.2) is 4.79 Å². The number of carboxylic acids is 1. The van der Waals surface area contributed by atoms with Crippen molar-refractivity contribution in [3.63, 3.8) is 0 Å². The van der Waals surface area contributed by atoms with Gasteiger partial charge >= 0.3 is 5.97 Å². The summed E-state index contributed by atoms with van der Waals surface area (Å²) in [6.45, 7) is 1.60. The number of hydrogen-bond acceptors (Lipinski definition) is 4.